The molecule has 28 valence electrons. The Balaban J connectivity index is 2.32. The smallest absolute Gasteiger partial charge is 0.101 e. The predicted octanol–water partition coefficient (Wildman–Crippen LogP) is -0.878. The van der Waals surface area contributed by atoms with Gasteiger partial charge in [-0.1, -0.05) is 0 Å². The molecule has 0 amide bonds. The van der Waals surface area contributed by atoms with Crippen LogP contribution in [0.5, 0.6) is 0 Å². The molecule has 1 rings (SSSR count). The van der Waals surface area contributed by atoms with Crippen LogP contribution >= 0.6 is 0 Å². The van der Waals surface area contributed by atoms with Crippen LogP contribution in [0.15, 0.2) is 4.63 Å². The van der Waals surface area contributed by atoms with E-state index in [9.17, 15) is 0 Å². The van der Waals surface area contributed by atoms with Crippen molar-refractivity contribution in [2.24, 2.45) is 4.63 Å². The monoisotopic (exact) mass is 101 g/mol. The fraction of sp³-hybridized carbons (Fsp3) is 1.00. The first-order valence-corrected chi connectivity index (χ1v) is 5.32. The molecule has 1 heterocycles. The average molecular weight is 101 g/mol. The summed E-state index contributed by atoms with van der Waals surface area (Å²) in [5, 5.41) is 0. The second kappa shape index (κ2) is 1.62. The summed E-state index contributed by atoms with van der Waals surface area (Å²) in [6.45, 7) is 0. The zero-order valence-corrected chi connectivity index (χ0v) is 5.71. The van der Waals surface area contributed by atoms with E-state index < -0.39 is 0 Å². The second-order valence-corrected chi connectivity index (χ2v) is 5.43. The maximum absolute atomic E-state index is 4.23. The first-order chi connectivity index (χ1) is 2.50. The third-order valence-electron chi connectivity index (χ3n) is 0.750. The summed E-state index contributed by atoms with van der Waals surface area (Å²) >= 11 is 0. The van der Waals surface area contributed by atoms with Gasteiger partial charge in [-0.05, 0) is 5.67 Å². The molecule has 0 aromatic heterocycles. The first kappa shape index (κ1) is 3.42. The fourth-order valence-corrected chi connectivity index (χ4v) is 4.11. The zero-order chi connectivity index (χ0) is 3.54. The summed E-state index contributed by atoms with van der Waals surface area (Å²) in [5.41, 5.74) is 1.56. The van der Waals surface area contributed by atoms with Crippen molar-refractivity contribution in [2.75, 3.05) is 6.17 Å². The van der Waals surface area contributed by atoms with E-state index in [0.29, 0.717) is 18.8 Å². The Kier molecular flexibility index (Phi) is 1.11. The van der Waals surface area contributed by atoms with Crippen LogP contribution in [-0.4, -0.2) is 25.0 Å². The minimum Gasteiger partial charge on any atom is -0.345 e. The molecule has 0 saturated heterocycles. The fourth-order valence-electron chi connectivity index (χ4n) is 0.456. The molecule has 0 unspecified atom stereocenters. The van der Waals surface area contributed by atoms with Gasteiger partial charge in [0.1, 0.15) is 9.31 Å². The van der Waals surface area contributed by atoms with E-state index in [1.54, 1.807) is 5.67 Å². The first-order valence-electron chi connectivity index (χ1n) is 1.98. The maximum Gasteiger partial charge on any atom is 0.101 e. The van der Waals surface area contributed by atoms with E-state index >= 15 is 0 Å². The van der Waals surface area contributed by atoms with E-state index in [-0.39, 0.29) is 0 Å². The molecule has 1 aliphatic heterocycles. The van der Waals surface area contributed by atoms with Gasteiger partial charge in [0.05, 0.1) is 0 Å². The lowest BCUT2D eigenvalue weighted by atomic mass is 11.5. The van der Waals surface area contributed by atoms with E-state index in [2.05, 4.69) is 4.63 Å². The van der Waals surface area contributed by atoms with Crippen LogP contribution in [0, 0.1) is 0 Å². The number of hydrogen-bond acceptors (Lipinski definition) is 1. The van der Waals surface area contributed by atoms with Gasteiger partial charge < -0.3 is 4.63 Å². The van der Waals surface area contributed by atoms with Gasteiger partial charge >= 0.3 is 0 Å². The highest BCUT2D eigenvalue weighted by molar-refractivity contribution is 6.54. The lowest BCUT2D eigenvalue weighted by molar-refractivity contribution is 1.41. The predicted molar refractivity (Wildman–Crippen MR) is 27.8 cm³/mol. The molecule has 1 aliphatic rings. The van der Waals surface area contributed by atoms with Crippen molar-refractivity contribution in [3.63, 3.8) is 0 Å². The summed E-state index contributed by atoms with van der Waals surface area (Å²) in [7, 11) is 1.03. The third-order valence-corrected chi connectivity index (χ3v) is 5.02. The molecule has 0 aromatic carbocycles. The van der Waals surface area contributed by atoms with Crippen LogP contribution in [0.4, 0.5) is 0 Å². The minimum absolute atomic E-state index is 0.414. The normalized spacial score (nSPS) is 25.6. The minimum atomic E-state index is 0.414. The molecular formula is C2H7NSi2. The highest BCUT2D eigenvalue weighted by Gasteiger charge is 1.87. The Hall–Kier alpha value is 0.234. The highest BCUT2D eigenvalue weighted by Crippen LogP contribution is 1.80. The molecule has 0 saturated carbocycles. The summed E-state index contributed by atoms with van der Waals surface area (Å²) < 4.78 is 4.23. The molecule has 0 bridgehead atoms. The van der Waals surface area contributed by atoms with Crippen LogP contribution in [0.25, 0.3) is 0 Å². The Morgan fingerprint density at radius 1 is 1.80 bits per heavy atom. The maximum atomic E-state index is 4.23. The van der Waals surface area contributed by atoms with Crippen molar-refractivity contribution >= 4 is 18.8 Å². The molecule has 0 fully saturated rings. The van der Waals surface area contributed by atoms with E-state index in [1.807, 2.05) is 0 Å². The molecule has 0 radical (unpaired) electrons. The molecule has 0 spiro atoms. The molecule has 0 atom stereocenters. The van der Waals surface area contributed by atoms with Gasteiger partial charge in [0, 0.05) is 15.7 Å². The van der Waals surface area contributed by atoms with Crippen LogP contribution in [0.3, 0.4) is 0 Å². The molecular weight excluding hydrogens is 94.2 g/mol. The largest absolute Gasteiger partial charge is 0.345 e. The van der Waals surface area contributed by atoms with E-state index in [4.69, 9.17) is 0 Å². The molecule has 3 heteroatoms. The highest BCUT2D eigenvalue weighted by atomic mass is 28.3. The third kappa shape index (κ3) is 0.771. The van der Waals surface area contributed by atoms with Gasteiger partial charge in [0.15, 0.2) is 0 Å². The number of hydrogen-bond donors (Lipinski definition) is 0. The quantitative estimate of drug-likeness (QED) is 0.351. The SMILES string of the molecule is C1N=[SiH]C[SiH2]1. The molecule has 0 aliphatic carbocycles. The summed E-state index contributed by atoms with van der Waals surface area (Å²) in [6, 6.07) is 0. The van der Waals surface area contributed by atoms with Crippen LogP contribution < -0.4 is 0 Å². The molecule has 5 heavy (non-hydrogen) atoms. The van der Waals surface area contributed by atoms with E-state index in [0.717, 1.165) is 0 Å². The standard InChI is InChI=1S/C2H7NSi2/c1-3-5-2-4-1/h5H,1-2,4H2. The van der Waals surface area contributed by atoms with Gasteiger partial charge in [-0.3, -0.25) is 0 Å². The van der Waals surface area contributed by atoms with Crippen LogP contribution in [0.2, 0.25) is 5.67 Å². The Labute approximate surface area is 36.2 Å². The molecule has 0 N–H and O–H groups in total. The Bertz CT molecular complexity index is 45.6. The van der Waals surface area contributed by atoms with Crippen molar-refractivity contribution in [2.45, 2.75) is 5.67 Å². The topological polar surface area (TPSA) is 12.4 Å². The van der Waals surface area contributed by atoms with Crippen molar-refractivity contribution in [1.82, 2.24) is 0 Å². The zero-order valence-electron chi connectivity index (χ0n) is 3.15. The number of rotatable bonds is 0. The van der Waals surface area contributed by atoms with Crippen molar-refractivity contribution in [3.8, 4) is 0 Å². The number of nitrogens with zero attached hydrogens (tertiary/aromatic N) is 1. The van der Waals surface area contributed by atoms with Gasteiger partial charge in [-0.25, -0.2) is 0 Å². The van der Waals surface area contributed by atoms with E-state index in [1.165, 1.54) is 6.17 Å². The summed E-state index contributed by atoms with van der Waals surface area (Å²) in [5.74, 6) is 0. The van der Waals surface area contributed by atoms with Crippen LogP contribution in [-0.2, 0) is 0 Å². The van der Waals surface area contributed by atoms with Crippen molar-refractivity contribution in [1.29, 1.82) is 0 Å². The van der Waals surface area contributed by atoms with Gasteiger partial charge in [0.25, 0.3) is 0 Å². The lowest BCUT2D eigenvalue weighted by Gasteiger charge is -1.66. The Morgan fingerprint density at radius 2 is 2.80 bits per heavy atom. The second-order valence-electron chi connectivity index (χ2n) is 1.23. The van der Waals surface area contributed by atoms with Gasteiger partial charge in [-0.2, -0.15) is 0 Å². The van der Waals surface area contributed by atoms with Gasteiger partial charge in [0.2, 0.25) is 0 Å². The summed E-state index contributed by atoms with van der Waals surface area (Å²) in [4.78, 5) is 0. The summed E-state index contributed by atoms with van der Waals surface area (Å²) in [6.07, 6.45) is 1.30. The van der Waals surface area contributed by atoms with Gasteiger partial charge in [-0.15, -0.1) is 0 Å². The van der Waals surface area contributed by atoms with Crippen molar-refractivity contribution < 1.29 is 0 Å². The Morgan fingerprint density at radius 3 is 3.00 bits per heavy atom. The molecule has 0 aromatic rings. The van der Waals surface area contributed by atoms with Crippen LogP contribution in [0.1, 0.15) is 0 Å². The van der Waals surface area contributed by atoms with Crippen molar-refractivity contribution in [3.05, 3.63) is 0 Å². The average Bonchev–Trinajstić information content (AvgIpc) is 1.76. The molecule has 1 nitrogen and oxygen atoms in total. The lowest BCUT2D eigenvalue weighted by Crippen LogP contribution is -1.82.